The largest absolute Gasteiger partial charge is 0.496 e. The average molecular weight is 294 g/mol. The summed E-state index contributed by atoms with van der Waals surface area (Å²) in [4.78, 5) is 24.3. The molecule has 0 unspecified atom stereocenters. The number of hydrogen-bond donors (Lipinski definition) is 0. The Labute approximate surface area is 125 Å². The molecule has 1 rings (SSSR count). The molecule has 1 aromatic carbocycles. The minimum absolute atomic E-state index is 0.196. The van der Waals surface area contributed by atoms with Gasteiger partial charge in [-0.05, 0) is 38.8 Å². The zero-order valence-electron chi connectivity index (χ0n) is 13.2. The number of hydrogen-bond acceptors (Lipinski definition) is 5. The molecule has 0 fully saturated rings. The van der Waals surface area contributed by atoms with Crippen LogP contribution in [0.15, 0.2) is 12.1 Å². The first kappa shape index (κ1) is 17.0. The molecule has 1 aromatic rings. The molecule has 0 bridgehead atoms. The Balaban J connectivity index is 3.35. The number of carbonyl (C=O) groups is 2. The first-order valence-corrected chi connectivity index (χ1v) is 6.95. The first-order chi connectivity index (χ1) is 9.97. The molecule has 5 nitrogen and oxygen atoms in total. The highest BCUT2D eigenvalue weighted by Gasteiger charge is 2.34. The number of rotatable bonds is 6. The van der Waals surface area contributed by atoms with E-state index >= 15 is 0 Å². The number of esters is 2. The molecule has 21 heavy (non-hydrogen) atoms. The Hall–Kier alpha value is -2.04. The van der Waals surface area contributed by atoms with Gasteiger partial charge in [-0.3, -0.25) is 9.59 Å². The van der Waals surface area contributed by atoms with Crippen molar-refractivity contribution in [3.05, 3.63) is 28.8 Å². The topological polar surface area (TPSA) is 61.8 Å². The van der Waals surface area contributed by atoms with Crippen LogP contribution in [0.3, 0.4) is 0 Å². The molecule has 0 heterocycles. The van der Waals surface area contributed by atoms with E-state index in [1.165, 1.54) is 7.11 Å². The van der Waals surface area contributed by atoms with E-state index in [0.29, 0.717) is 11.3 Å². The lowest BCUT2D eigenvalue weighted by Gasteiger charge is -2.19. The maximum atomic E-state index is 12.1. The van der Waals surface area contributed by atoms with Crippen LogP contribution in [0, 0.1) is 13.8 Å². The molecular formula is C16H22O5. The van der Waals surface area contributed by atoms with Crippen molar-refractivity contribution in [2.45, 2.75) is 33.6 Å². The lowest BCUT2D eigenvalue weighted by Crippen LogP contribution is -2.26. The van der Waals surface area contributed by atoms with E-state index in [-0.39, 0.29) is 13.2 Å². The second-order valence-corrected chi connectivity index (χ2v) is 4.57. The fourth-order valence-corrected chi connectivity index (χ4v) is 2.11. The molecular weight excluding hydrogens is 272 g/mol. The van der Waals surface area contributed by atoms with Crippen molar-refractivity contribution in [1.82, 2.24) is 0 Å². The van der Waals surface area contributed by atoms with Gasteiger partial charge in [0.15, 0.2) is 5.92 Å². The molecule has 0 saturated carbocycles. The molecule has 0 saturated heterocycles. The van der Waals surface area contributed by atoms with Crippen LogP contribution in [0.25, 0.3) is 0 Å². The highest BCUT2D eigenvalue weighted by atomic mass is 16.6. The van der Waals surface area contributed by atoms with E-state index in [2.05, 4.69) is 0 Å². The lowest BCUT2D eigenvalue weighted by atomic mass is 9.94. The third-order valence-electron chi connectivity index (χ3n) is 3.27. The minimum Gasteiger partial charge on any atom is -0.496 e. The van der Waals surface area contributed by atoms with E-state index in [0.717, 1.165) is 11.1 Å². The average Bonchev–Trinajstić information content (AvgIpc) is 2.44. The summed E-state index contributed by atoms with van der Waals surface area (Å²) in [6.07, 6.45) is 0. The summed E-state index contributed by atoms with van der Waals surface area (Å²) in [5.41, 5.74) is 2.37. The molecule has 0 aromatic heterocycles. The van der Waals surface area contributed by atoms with E-state index in [4.69, 9.17) is 14.2 Å². The normalized spacial score (nSPS) is 10.4. The number of methoxy groups -OCH3 is 1. The summed E-state index contributed by atoms with van der Waals surface area (Å²) in [5.74, 6) is -1.87. The first-order valence-electron chi connectivity index (χ1n) is 6.95. The predicted molar refractivity (Wildman–Crippen MR) is 78.5 cm³/mol. The summed E-state index contributed by atoms with van der Waals surface area (Å²) in [7, 11) is 1.51. The Bertz CT molecular complexity index is 504. The van der Waals surface area contributed by atoms with Crippen LogP contribution in [0.1, 0.15) is 36.5 Å². The van der Waals surface area contributed by atoms with Crippen molar-refractivity contribution in [3.8, 4) is 5.75 Å². The van der Waals surface area contributed by atoms with Gasteiger partial charge >= 0.3 is 11.9 Å². The quantitative estimate of drug-likeness (QED) is 0.596. The maximum absolute atomic E-state index is 12.1. The molecule has 0 spiro atoms. The molecule has 0 aliphatic rings. The van der Waals surface area contributed by atoms with Crippen LogP contribution in [-0.4, -0.2) is 32.3 Å². The summed E-state index contributed by atoms with van der Waals surface area (Å²) in [6.45, 7) is 7.59. The Morgan fingerprint density at radius 1 is 1.05 bits per heavy atom. The van der Waals surface area contributed by atoms with Crippen molar-refractivity contribution >= 4 is 11.9 Å². The molecule has 0 atom stereocenters. The van der Waals surface area contributed by atoms with Crippen LogP contribution in [0.2, 0.25) is 0 Å². The van der Waals surface area contributed by atoms with Gasteiger partial charge in [0, 0.05) is 5.56 Å². The smallest absolute Gasteiger partial charge is 0.325 e. The summed E-state index contributed by atoms with van der Waals surface area (Å²) in [6, 6.07) is 3.55. The standard InChI is InChI=1S/C16H22O5/c1-6-20-15(17)13(16(18)21-7-2)12-9-8-10(3)11(4)14(12)19-5/h8-9,13H,6-7H2,1-5H3. The zero-order chi connectivity index (χ0) is 16.0. The molecule has 0 aliphatic heterocycles. The Morgan fingerprint density at radius 2 is 1.57 bits per heavy atom. The number of aryl methyl sites for hydroxylation is 1. The van der Waals surface area contributed by atoms with Gasteiger partial charge in [-0.1, -0.05) is 12.1 Å². The van der Waals surface area contributed by atoms with E-state index in [1.807, 2.05) is 19.9 Å². The number of carbonyl (C=O) groups excluding carboxylic acids is 2. The van der Waals surface area contributed by atoms with Crippen LogP contribution in [0.5, 0.6) is 5.75 Å². The SMILES string of the molecule is CCOC(=O)C(C(=O)OCC)c1ccc(C)c(C)c1OC. The van der Waals surface area contributed by atoms with Crippen molar-refractivity contribution in [2.75, 3.05) is 20.3 Å². The number of ether oxygens (including phenoxy) is 3. The Kier molecular flexibility index (Phi) is 6.21. The fourth-order valence-electron chi connectivity index (χ4n) is 2.11. The van der Waals surface area contributed by atoms with Crippen molar-refractivity contribution < 1.29 is 23.8 Å². The summed E-state index contributed by atoms with van der Waals surface area (Å²) < 4.78 is 15.4. The van der Waals surface area contributed by atoms with E-state index in [1.54, 1.807) is 19.9 Å². The highest BCUT2D eigenvalue weighted by Crippen LogP contribution is 2.33. The van der Waals surface area contributed by atoms with Gasteiger partial charge in [-0.2, -0.15) is 0 Å². The van der Waals surface area contributed by atoms with Crippen molar-refractivity contribution in [1.29, 1.82) is 0 Å². The summed E-state index contributed by atoms with van der Waals surface area (Å²) in [5, 5.41) is 0. The molecule has 0 N–H and O–H groups in total. The highest BCUT2D eigenvalue weighted by molar-refractivity contribution is 6.01. The van der Waals surface area contributed by atoms with Gasteiger partial charge < -0.3 is 14.2 Å². The fraction of sp³-hybridized carbons (Fsp3) is 0.500. The third kappa shape index (κ3) is 3.74. The molecule has 116 valence electrons. The van der Waals surface area contributed by atoms with Gasteiger partial charge in [0.25, 0.3) is 0 Å². The predicted octanol–water partition coefficient (Wildman–Crippen LogP) is 2.52. The molecule has 5 heteroatoms. The second-order valence-electron chi connectivity index (χ2n) is 4.57. The number of benzene rings is 1. The Morgan fingerprint density at radius 3 is 2.00 bits per heavy atom. The molecule has 0 aliphatic carbocycles. The van der Waals surface area contributed by atoms with Gasteiger partial charge in [-0.25, -0.2) is 0 Å². The second kappa shape index (κ2) is 7.67. The van der Waals surface area contributed by atoms with E-state index in [9.17, 15) is 9.59 Å². The van der Waals surface area contributed by atoms with Gasteiger partial charge in [-0.15, -0.1) is 0 Å². The van der Waals surface area contributed by atoms with Gasteiger partial charge in [0.1, 0.15) is 5.75 Å². The monoisotopic (exact) mass is 294 g/mol. The van der Waals surface area contributed by atoms with E-state index < -0.39 is 17.9 Å². The van der Waals surface area contributed by atoms with Crippen LogP contribution >= 0.6 is 0 Å². The van der Waals surface area contributed by atoms with Crippen molar-refractivity contribution in [2.24, 2.45) is 0 Å². The minimum atomic E-state index is -1.13. The van der Waals surface area contributed by atoms with Crippen LogP contribution in [-0.2, 0) is 19.1 Å². The van der Waals surface area contributed by atoms with Crippen molar-refractivity contribution in [3.63, 3.8) is 0 Å². The zero-order valence-corrected chi connectivity index (χ0v) is 13.2. The third-order valence-corrected chi connectivity index (χ3v) is 3.27. The molecule has 0 amide bonds. The van der Waals surface area contributed by atoms with Crippen LogP contribution < -0.4 is 4.74 Å². The lowest BCUT2D eigenvalue weighted by molar-refractivity contribution is -0.157. The molecule has 0 radical (unpaired) electrons. The van der Waals surface area contributed by atoms with Crippen LogP contribution in [0.4, 0.5) is 0 Å². The van der Waals surface area contributed by atoms with Gasteiger partial charge in [0.05, 0.1) is 20.3 Å². The maximum Gasteiger partial charge on any atom is 0.325 e. The summed E-state index contributed by atoms with van der Waals surface area (Å²) >= 11 is 0. The van der Waals surface area contributed by atoms with Gasteiger partial charge in [0.2, 0.25) is 0 Å².